The highest BCUT2D eigenvalue weighted by Gasteiger charge is 2.44. The number of aliphatic hydroxyl groups is 4. The monoisotopic (exact) mass is 431 g/mol. The molecule has 2 aliphatic heterocycles. The topological polar surface area (TPSA) is 112 Å². The molecule has 2 heterocycles. The second-order valence-electron chi connectivity index (χ2n) is 7.83. The van der Waals surface area contributed by atoms with Crippen molar-refractivity contribution in [3.63, 3.8) is 0 Å². The predicted octanol–water partition coefficient (Wildman–Crippen LogP) is 0.999. The van der Waals surface area contributed by atoms with E-state index in [4.69, 9.17) is 14.2 Å². The maximum atomic E-state index is 10.4. The highest BCUT2D eigenvalue weighted by molar-refractivity contribution is 5.61. The Kier molecular flexibility index (Phi) is 6.64. The van der Waals surface area contributed by atoms with Crippen molar-refractivity contribution in [2.45, 2.75) is 44.0 Å². The van der Waals surface area contributed by atoms with Crippen LogP contribution < -0.4 is 14.4 Å². The molecular formula is C23H29NO7. The van der Waals surface area contributed by atoms with E-state index < -0.39 is 37.1 Å². The molecule has 1 saturated heterocycles. The van der Waals surface area contributed by atoms with E-state index in [0.717, 1.165) is 23.5 Å². The van der Waals surface area contributed by atoms with Crippen molar-refractivity contribution in [1.82, 2.24) is 0 Å². The molecule has 0 radical (unpaired) electrons. The maximum Gasteiger partial charge on any atom is 0.143 e. The van der Waals surface area contributed by atoms with Crippen LogP contribution in [0.4, 0.5) is 5.69 Å². The number of benzene rings is 2. The van der Waals surface area contributed by atoms with Crippen molar-refractivity contribution >= 4 is 5.69 Å². The summed E-state index contributed by atoms with van der Waals surface area (Å²) in [5.74, 6) is 1.49. The molecule has 1 fully saturated rings. The van der Waals surface area contributed by atoms with Crippen molar-refractivity contribution in [2.75, 3.05) is 31.3 Å². The lowest BCUT2D eigenvalue weighted by Crippen LogP contribution is -2.55. The highest BCUT2D eigenvalue weighted by Crippen LogP contribution is 2.39. The first kappa shape index (κ1) is 21.9. The van der Waals surface area contributed by atoms with E-state index in [0.29, 0.717) is 31.1 Å². The Balaban J connectivity index is 1.55. The summed E-state index contributed by atoms with van der Waals surface area (Å²) in [5, 5.41) is 39.9. The average Bonchev–Trinajstić information content (AvgIpc) is 2.78. The fourth-order valence-corrected chi connectivity index (χ4v) is 4.13. The zero-order valence-electron chi connectivity index (χ0n) is 17.4. The minimum absolute atomic E-state index is 0.461. The summed E-state index contributed by atoms with van der Waals surface area (Å²) in [6, 6.07) is 13.5. The molecule has 0 aliphatic carbocycles. The number of anilines is 1. The molecule has 4 rings (SSSR count). The number of aliphatic hydroxyl groups excluding tert-OH is 4. The van der Waals surface area contributed by atoms with Gasteiger partial charge in [-0.1, -0.05) is 18.2 Å². The van der Waals surface area contributed by atoms with Crippen LogP contribution in [0.1, 0.15) is 24.2 Å². The van der Waals surface area contributed by atoms with Crippen LogP contribution in [0.25, 0.3) is 0 Å². The third-order valence-electron chi connectivity index (χ3n) is 5.75. The SMILES string of the molecule is CCOc1cccc(CN2CCOc3cc([C@@H]4O[C@H](CO)[C@@H](O)[C@H](O)[C@H]4O)ccc32)c1. The van der Waals surface area contributed by atoms with Crippen LogP contribution in [0.3, 0.4) is 0 Å². The van der Waals surface area contributed by atoms with Gasteiger partial charge in [0.05, 0.1) is 25.4 Å². The molecule has 0 bridgehead atoms. The average molecular weight is 431 g/mol. The first-order valence-corrected chi connectivity index (χ1v) is 10.6. The molecule has 5 atom stereocenters. The van der Waals surface area contributed by atoms with Gasteiger partial charge in [0, 0.05) is 6.54 Å². The third-order valence-corrected chi connectivity index (χ3v) is 5.75. The summed E-state index contributed by atoms with van der Waals surface area (Å²) in [6.07, 6.45) is -5.95. The zero-order valence-corrected chi connectivity index (χ0v) is 17.4. The fraction of sp³-hybridized carbons (Fsp3) is 0.478. The molecule has 2 aromatic carbocycles. The zero-order chi connectivity index (χ0) is 22.0. The summed E-state index contributed by atoms with van der Waals surface area (Å²) in [6.45, 7) is 4.04. The Bertz CT molecular complexity index is 890. The summed E-state index contributed by atoms with van der Waals surface area (Å²) in [5.41, 5.74) is 2.65. The maximum absolute atomic E-state index is 10.4. The molecule has 168 valence electrons. The lowest BCUT2D eigenvalue weighted by molar-refractivity contribution is -0.231. The molecule has 8 nitrogen and oxygen atoms in total. The number of ether oxygens (including phenoxy) is 3. The van der Waals surface area contributed by atoms with E-state index in [-0.39, 0.29) is 0 Å². The summed E-state index contributed by atoms with van der Waals surface area (Å²) in [4.78, 5) is 2.21. The smallest absolute Gasteiger partial charge is 0.143 e. The summed E-state index contributed by atoms with van der Waals surface area (Å²) < 4.78 is 17.1. The molecule has 0 saturated carbocycles. The largest absolute Gasteiger partial charge is 0.494 e. The first-order chi connectivity index (χ1) is 15.0. The van der Waals surface area contributed by atoms with Crippen LogP contribution in [0, 0.1) is 0 Å². The van der Waals surface area contributed by atoms with Crippen LogP contribution >= 0.6 is 0 Å². The number of nitrogens with zero attached hydrogens (tertiary/aromatic N) is 1. The first-order valence-electron chi connectivity index (χ1n) is 10.6. The van der Waals surface area contributed by atoms with Gasteiger partial charge in [-0.2, -0.15) is 0 Å². The summed E-state index contributed by atoms with van der Waals surface area (Å²) in [7, 11) is 0. The Morgan fingerprint density at radius 2 is 1.90 bits per heavy atom. The standard InChI is InChI=1S/C23H29NO7/c1-2-29-16-5-3-4-14(10-16)12-24-8-9-30-18-11-15(6-7-17(18)24)23-22(28)21(27)20(26)19(13-25)31-23/h3-7,10-11,19-23,25-28H,2,8-9,12-13H2,1H3/t19-,20-,21+,22-,23+/m1/s1. The van der Waals surface area contributed by atoms with Crippen molar-refractivity contribution in [1.29, 1.82) is 0 Å². The number of fused-ring (bicyclic) bond motifs is 1. The Labute approximate surface area is 181 Å². The van der Waals surface area contributed by atoms with Gasteiger partial charge in [0.15, 0.2) is 0 Å². The van der Waals surface area contributed by atoms with E-state index in [1.54, 1.807) is 6.07 Å². The van der Waals surface area contributed by atoms with Crippen molar-refractivity contribution in [3.8, 4) is 11.5 Å². The van der Waals surface area contributed by atoms with Crippen LogP contribution in [0.15, 0.2) is 42.5 Å². The highest BCUT2D eigenvalue weighted by atomic mass is 16.5. The van der Waals surface area contributed by atoms with Gasteiger partial charge >= 0.3 is 0 Å². The Morgan fingerprint density at radius 1 is 1.06 bits per heavy atom. The van der Waals surface area contributed by atoms with E-state index in [9.17, 15) is 20.4 Å². The van der Waals surface area contributed by atoms with Crippen LogP contribution in [0.5, 0.6) is 11.5 Å². The minimum atomic E-state index is -1.41. The van der Waals surface area contributed by atoms with Crippen LogP contribution in [-0.4, -0.2) is 71.2 Å². The van der Waals surface area contributed by atoms with E-state index in [1.807, 2.05) is 37.3 Å². The summed E-state index contributed by atoms with van der Waals surface area (Å²) >= 11 is 0. The molecule has 2 aromatic rings. The quantitative estimate of drug-likeness (QED) is 0.536. The number of rotatable bonds is 6. The molecule has 8 heteroatoms. The molecule has 2 aliphatic rings. The van der Waals surface area contributed by atoms with Crippen molar-refractivity contribution in [3.05, 3.63) is 53.6 Å². The molecule has 0 amide bonds. The van der Waals surface area contributed by atoms with E-state index >= 15 is 0 Å². The van der Waals surface area contributed by atoms with Gasteiger partial charge < -0.3 is 39.5 Å². The predicted molar refractivity (Wildman–Crippen MR) is 113 cm³/mol. The molecular weight excluding hydrogens is 402 g/mol. The van der Waals surface area contributed by atoms with Gasteiger partial charge in [-0.15, -0.1) is 0 Å². The Hall–Kier alpha value is -2.36. The van der Waals surface area contributed by atoms with Crippen LogP contribution in [0.2, 0.25) is 0 Å². The van der Waals surface area contributed by atoms with Crippen molar-refractivity contribution in [2.24, 2.45) is 0 Å². The second-order valence-corrected chi connectivity index (χ2v) is 7.83. The van der Waals surface area contributed by atoms with Gasteiger partial charge in [-0.25, -0.2) is 0 Å². The van der Waals surface area contributed by atoms with Crippen molar-refractivity contribution < 1.29 is 34.6 Å². The van der Waals surface area contributed by atoms with Gasteiger partial charge in [0.25, 0.3) is 0 Å². The molecule has 0 aromatic heterocycles. The van der Waals surface area contributed by atoms with Gasteiger partial charge in [-0.3, -0.25) is 0 Å². The van der Waals surface area contributed by atoms with Gasteiger partial charge in [-0.05, 0) is 42.3 Å². The van der Waals surface area contributed by atoms with Gasteiger partial charge in [0.1, 0.15) is 48.6 Å². The molecule has 31 heavy (non-hydrogen) atoms. The number of hydrogen-bond acceptors (Lipinski definition) is 8. The van der Waals surface area contributed by atoms with E-state index in [2.05, 4.69) is 11.0 Å². The van der Waals surface area contributed by atoms with Crippen LogP contribution in [-0.2, 0) is 11.3 Å². The Morgan fingerprint density at radius 3 is 2.68 bits per heavy atom. The lowest BCUT2D eigenvalue weighted by atomic mass is 9.91. The molecule has 0 spiro atoms. The molecule has 4 N–H and O–H groups in total. The lowest BCUT2D eigenvalue weighted by Gasteiger charge is -2.40. The second kappa shape index (κ2) is 9.42. The minimum Gasteiger partial charge on any atom is -0.494 e. The third kappa shape index (κ3) is 4.49. The van der Waals surface area contributed by atoms with E-state index in [1.165, 1.54) is 0 Å². The van der Waals surface area contributed by atoms with Gasteiger partial charge in [0.2, 0.25) is 0 Å². The molecule has 0 unspecified atom stereocenters. The number of hydrogen-bond donors (Lipinski definition) is 4. The fourth-order valence-electron chi connectivity index (χ4n) is 4.13. The normalized spacial score (nSPS) is 28.0.